The molecule has 0 N–H and O–H groups in total. The summed E-state index contributed by atoms with van der Waals surface area (Å²) < 4.78 is 5.81. The Morgan fingerprint density at radius 3 is 1.20 bits per heavy atom. The van der Waals surface area contributed by atoms with Crippen LogP contribution < -0.4 is 10.6 Å². The Kier molecular flexibility index (Phi) is 6.20. The summed E-state index contributed by atoms with van der Waals surface area (Å²) in [7, 11) is 1.09. The van der Waals surface area contributed by atoms with Gasteiger partial charge in [-0.2, -0.15) is 0 Å². The summed E-state index contributed by atoms with van der Waals surface area (Å²) >= 11 is 0. The number of hydrogen-bond acceptors (Lipinski definition) is 1. The summed E-state index contributed by atoms with van der Waals surface area (Å²) in [5.74, 6) is 0. The van der Waals surface area contributed by atoms with Crippen LogP contribution in [0, 0.1) is 27.7 Å². The van der Waals surface area contributed by atoms with Gasteiger partial charge in [-0.15, -0.1) is 12.4 Å². The maximum Gasteiger partial charge on any atom is 0.0913 e. The van der Waals surface area contributed by atoms with Gasteiger partial charge in [0.15, 0.2) is 0 Å². The summed E-state index contributed by atoms with van der Waals surface area (Å²) in [6, 6.07) is 13.3. The number of hydrogen-bond donors (Lipinski definition) is 0. The quantitative estimate of drug-likeness (QED) is 0.767. The van der Waals surface area contributed by atoms with E-state index in [1.807, 2.05) is 0 Å². The molecule has 3 heteroatoms. The van der Waals surface area contributed by atoms with Crippen LogP contribution in [-0.2, 0) is 4.52 Å². The third-order valence-corrected chi connectivity index (χ3v) is 4.88. The molecule has 20 heavy (non-hydrogen) atoms. The number of rotatable bonds is 3. The molecule has 0 aliphatic carbocycles. The van der Waals surface area contributed by atoms with Gasteiger partial charge in [-0.1, -0.05) is 34.4 Å². The Morgan fingerprint density at radius 2 is 0.950 bits per heavy atom. The maximum atomic E-state index is 5.81. The van der Waals surface area contributed by atoms with E-state index in [1.165, 1.54) is 32.9 Å². The molecule has 0 bridgehead atoms. The van der Waals surface area contributed by atoms with Crippen LogP contribution in [-0.4, -0.2) is 7.11 Å². The van der Waals surface area contributed by atoms with E-state index < -0.39 is 8.15 Å². The molecule has 0 heterocycles. The fraction of sp³-hybridized carbons (Fsp3) is 0.294. The zero-order valence-electron chi connectivity index (χ0n) is 12.7. The van der Waals surface area contributed by atoms with Gasteiger partial charge in [-0.05, 0) is 52.0 Å². The highest BCUT2D eigenvalue weighted by Gasteiger charge is 2.15. The van der Waals surface area contributed by atoms with Gasteiger partial charge >= 0.3 is 0 Å². The van der Waals surface area contributed by atoms with Crippen LogP contribution in [0.3, 0.4) is 0 Å². The molecule has 0 atom stereocenters. The largest absolute Gasteiger partial charge is 0.353 e. The standard InChI is InChI=1S/C17H21OP.ClH/c1-12-6-13(2)9-16(8-12)19(18-5)17-10-14(3)7-15(4)11-17;/h6-11H,1-5H3;1H. The second-order valence-electron chi connectivity index (χ2n) is 5.17. The van der Waals surface area contributed by atoms with Crippen molar-refractivity contribution in [3.05, 3.63) is 58.7 Å². The third kappa shape index (κ3) is 4.06. The monoisotopic (exact) mass is 308 g/mol. The maximum absolute atomic E-state index is 5.81. The number of halogens is 1. The van der Waals surface area contributed by atoms with Crippen molar-refractivity contribution < 1.29 is 4.52 Å². The summed E-state index contributed by atoms with van der Waals surface area (Å²) in [5.41, 5.74) is 5.18. The lowest BCUT2D eigenvalue weighted by molar-refractivity contribution is 0.474. The average Bonchev–Trinajstić information content (AvgIpc) is 2.27. The first-order valence-corrected chi connectivity index (χ1v) is 7.76. The molecule has 0 saturated carbocycles. The first-order chi connectivity index (χ1) is 8.99. The van der Waals surface area contributed by atoms with Crippen LogP contribution in [0.25, 0.3) is 0 Å². The number of aryl methyl sites for hydroxylation is 4. The van der Waals surface area contributed by atoms with Gasteiger partial charge in [0.2, 0.25) is 0 Å². The van der Waals surface area contributed by atoms with Crippen molar-refractivity contribution in [2.75, 3.05) is 7.11 Å². The smallest absolute Gasteiger partial charge is 0.0913 e. The molecule has 2 rings (SSSR count). The Labute approximate surface area is 129 Å². The summed E-state index contributed by atoms with van der Waals surface area (Å²) in [5, 5.41) is 2.58. The van der Waals surface area contributed by atoms with Crippen molar-refractivity contribution in [2.45, 2.75) is 27.7 Å². The predicted molar refractivity (Wildman–Crippen MR) is 92.3 cm³/mol. The molecule has 0 amide bonds. The highest BCUT2D eigenvalue weighted by molar-refractivity contribution is 7.68. The second kappa shape index (κ2) is 7.22. The van der Waals surface area contributed by atoms with E-state index in [0.717, 1.165) is 0 Å². The van der Waals surface area contributed by atoms with Crippen molar-refractivity contribution >= 4 is 31.2 Å². The van der Waals surface area contributed by atoms with Crippen molar-refractivity contribution in [3.8, 4) is 0 Å². The molecule has 0 aliphatic rings. The molecule has 0 saturated heterocycles. The highest BCUT2D eigenvalue weighted by Crippen LogP contribution is 2.34. The van der Waals surface area contributed by atoms with Crippen LogP contribution in [0.1, 0.15) is 22.3 Å². The van der Waals surface area contributed by atoms with Crippen LogP contribution >= 0.6 is 20.6 Å². The molecule has 2 aromatic rings. The van der Waals surface area contributed by atoms with Gasteiger partial charge in [0, 0.05) is 17.7 Å². The van der Waals surface area contributed by atoms with Gasteiger partial charge in [0.1, 0.15) is 0 Å². The van der Waals surface area contributed by atoms with Crippen LogP contribution in [0.15, 0.2) is 36.4 Å². The van der Waals surface area contributed by atoms with Gasteiger partial charge in [0.25, 0.3) is 0 Å². The van der Waals surface area contributed by atoms with Crippen LogP contribution in [0.2, 0.25) is 0 Å². The van der Waals surface area contributed by atoms with Gasteiger partial charge in [0.05, 0.1) is 8.15 Å². The SMILES string of the molecule is COP(c1cc(C)cc(C)c1)c1cc(C)cc(C)c1.Cl. The third-order valence-electron chi connectivity index (χ3n) is 3.06. The summed E-state index contributed by atoms with van der Waals surface area (Å²) in [6.45, 7) is 8.56. The van der Waals surface area contributed by atoms with E-state index in [2.05, 4.69) is 64.1 Å². The first-order valence-electron chi connectivity index (χ1n) is 6.50. The minimum absolute atomic E-state index is 0. The van der Waals surface area contributed by atoms with Crippen molar-refractivity contribution in [1.29, 1.82) is 0 Å². The average molecular weight is 309 g/mol. The lowest BCUT2D eigenvalue weighted by atomic mass is 10.2. The van der Waals surface area contributed by atoms with Gasteiger partial charge in [-0.25, -0.2) is 0 Å². The zero-order valence-corrected chi connectivity index (χ0v) is 14.4. The minimum atomic E-state index is -0.713. The zero-order chi connectivity index (χ0) is 14.0. The Hall–Kier alpha value is -0.880. The molecule has 0 fully saturated rings. The summed E-state index contributed by atoms with van der Waals surface area (Å²) in [4.78, 5) is 0. The first kappa shape index (κ1) is 17.2. The van der Waals surface area contributed by atoms with Crippen molar-refractivity contribution in [1.82, 2.24) is 0 Å². The molecule has 0 unspecified atom stereocenters. The van der Waals surface area contributed by atoms with Crippen molar-refractivity contribution in [3.63, 3.8) is 0 Å². The normalized spacial score (nSPS) is 10.5. The molecule has 1 nitrogen and oxygen atoms in total. The van der Waals surface area contributed by atoms with E-state index in [-0.39, 0.29) is 12.4 Å². The van der Waals surface area contributed by atoms with E-state index in [4.69, 9.17) is 4.52 Å². The van der Waals surface area contributed by atoms with E-state index in [0.29, 0.717) is 0 Å². The molecule has 2 aromatic carbocycles. The minimum Gasteiger partial charge on any atom is -0.353 e. The van der Waals surface area contributed by atoms with E-state index in [9.17, 15) is 0 Å². The highest BCUT2D eigenvalue weighted by atomic mass is 35.5. The lowest BCUT2D eigenvalue weighted by Gasteiger charge is -2.18. The van der Waals surface area contributed by atoms with E-state index in [1.54, 1.807) is 7.11 Å². The molecular formula is C17H22ClOP. The summed E-state index contributed by atoms with van der Waals surface area (Å²) in [6.07, 6.45) is 0. The molecule has 0 radical (unpaired) electrons. The van der Waals surface area contributed by atoms with Crippen molar-refractivity contribution in [2.24, 2.45) is 0 Å². The number of benzene rings is 2. The van der Waals surface area contributed by atoms with Gasteiger partial charge in [-0.3, -0.25) is 0 Å². The Morgan fingerprint density at radius 1 is 0.650 bits per heavy atom. The molecule has 0 spiro atoms. The fourth-order valence-electron chi connectivity index (χ4n) is 2.50. The molecule has 0 aliphatic heterocycles. The predicted octanol–water partition coefficient (Wildman–Crippen LogP) is 4.34. The Balaban J connectivity index is 0.00000200. The van der Waals surface area contributed by atoms with Crippen LogP contribution in [0.4, 0.5) is 0 Å². The fourth-order valence-corrected chi connectivity index (χ4v) is 4.50. The molecular weight excluding hydrogens is 287 g/mol. The molecule has 0 aromatic heterocycles. The van der Waals surface area contributed by atoms with Crippen LogP contribution in [0.5, 0.6) is 0 Å². The second-order valence-corrected chi connectivity index (χ2v) is 7.16. The van der Waals surface area contributed by atoms with E-state index >= 15 is 0 Å². The molecule has 108 valence electrons. The Bertz CT molecular complexity index is 504. The topological polar surface area (TPSA) is 9.23 Å². The lowest BCUT2D eigenvalue weighted by Crippen LogP contribution is -2.14. The van der Waals surface area contributed by atoms with Gasteiger partial charge < -0.3 is 4.52 Å².